The number of furan rings is 1. The Morgan fingerprint density at radius 1 is 0.680 bits per heavy atom. The van der Waals surface area contributed by atoms with E-state index in [2.05, 4.69) is 30.3 Å². The van der Waals surface area contributed by atoms with Crippen LogP contribution in [-0.4, -0.2) is 6.29 Å². The van der Waals surface area contributed by atoms with E-state index >= 15 is 0 Å². The Bertz CT molecular complexity index is 1260. The SMILES string of the molecule is O=Cc1ccc2ccccc2c1-c1ccc2c(c1)oc1ccccc12. The first-order chi connectivity index (χ1) is 12.3. The predicted octanol–water partition coefficient (Wildman–Crippen LogP) is 6.22. The van der Waals surface area contributed by atoms with E-state index in [0.29, 0.717) is 5.56 Å². The van der Waals surface area contributed by atoms with Crippen LogP contribution in [0.1, 0.15) is 10.4 Å². The molecule has 4 aromatic carbocycles. The molecule has 0 N–H and O–H groups in total. The highest BCUT2D eigenvalue weighted by atomic mass is 16.3. The molecule has 0 atom stereocenters. The van der Waals surface area contributed by atoms with Gasteiger partial charge in [-0.3, -0.25) is 4.79 Å². The fourth-order valence-electron chi connectivity index (χ4n) is 3.59. The Hall–Kier alpha value is -3.39. The summed E-state index contributed by atoms with van der Waals surface area (Å²) in [5.41, 5.74) is 4.35. The lowest BCUT2D eigenvalue weighted by atomic mass is 9.93. The van der Waals surface area contributed by atoms with Crippen LogP contribution in [0, 0.1) is 0 Å². The van der Waals surface area contributed by atoms with E-state index in [0.717, 1.165) is 50.1 Å². The van der Waals surface area contributed by atoms with Crippen LogP contribution in [0.2, 0.25) is 0 Å². The Morgan fingerprint density at radius 2 is 1.44 bits per heavy atom. The van der Waals surface area contributed by atoms with Crippen LogP contribution in [0.25, 0.3) is 43.8 Å². The van der Waals surface area contributed by atoms with Crippen molar-refractivity contribution in [2.75, 3.05) is 0 Å². The molecular formula is C23H14O2. The number of para-hydroxylation sites is 1. The van der Waals surface area contributed by atoms with E-state index in [-0.39, 0.29) is 0 Å². The standard InChI is InChI=1S/C23H14O2/c24-14-17-10-9-15-5-1-2-6-18(15)23(17)16-11-12-20-19-7-3-4-8-21(19)25-22(20)13-16/h1-14H. The van der Waals surface area contributed by atoms with Gasteiger partial charge in [-0.1, -0.05) is 60.7 Å². The van der Waals surface area contributed by atoms with Crippen molar-refractivity contribution >= 4 is 39.0 Å². The lowest BCUT2D eigenvalue weighted by Crippen LogP contribution is -1.89. The molecular weight excluding hydrogens is 308 g/mol. The zero-order chi connectivity index (χ0) is 16.8. The average Bonchev–Trinajstić information content (AvgIpc) is 3.04. The summed E-state index contributed by atoms with van der Waals surface area (Å²) in [5.74, 6) is 0. The minimum atomic E-state index is 0.689. The van der Waals surface area contributed by atoms with Crippen molar-refractivity contribution in [2.45, 2.75) is 0 Å². The number of carbonyl (C=O) groups excluding carboxylic acids is 1. The largest absolute Gasteiger partial charge is 0.456 e. The fourth-order valence-corrected chi connectivity index (χ4v) is 3.59. The second-order valence-corrected chi connectivity index (χ2v) is 6.18. The number of aldehydes is 1. The van der Waals surface area contributed by atoms with Gasteiger partial charge in [0.2, 0.25) is 0 Å². The molecule has 0 radical (unpaired) electrons. The number of carbonyl (C=O) groups is 1. The van der Waals surface area contributed by atoms with E-state index in [1.165, 1.54) is 0 Å². The highest BCUT2D eigenvalue weighted by Crippen LogP contribution is 2.36. The number of benzene rings is 4. The molecule has 0 aliphatic heterocycles. The molecule has 2 heteroatoms. The molecule has 0 amide bonds. The number of hydrogen-bond donors (Lipinski definition) is 0. The number of fused-ring (bicyclic) bond motifs is 4. The van der Waals surface area contributed by atoms with E-state index in [9.17, 15) is 4.79 Å². The van der Waals surface area contributed by atoms with Crippen LogP contribution < -0.4 is 0 Å². The molecule has 0 aliphatic carbocycles. The van der Waals surface area contributed by atoms with E-state index < -0.39 is 0 Å². The summed E-state index contributed by atoms with van der Waals surface area (Å²) in [6.45, 7) is 0. The Labute approximate surface area is 144 Å². The predicted molar refractivity (Wildman–Crippen MR) is 102 cm³/mol. The normalized spacial score (nSPS) is 11.4. The number of hydrogen-bond acceptors (Lipinski definition) is 2. The molecule has 0 fully saturated rings. The smallest absolute Gasteiger partial charge is 0.150 e. The summed E-state index contributed by atoms with van der Waals surface area (Å²) in [7, 11) is 0. The van der Waals surface area contributed by atoms with Crippen molar-refractivity contribution in [3.63, 3.8) is 0 Å². The molecule has 0 spiro atoms. The van der Waals surface area contributed by atoms with Gasteiger partial charge >= 0.3 is 0 Å². The first kappa shape index (κ1) is 14.0. The van der Waals surface area contributed by atoms with Gasteiger partial charge in [-0.15, -0.1) is 0 Å². The molecule has 0 saturated carbocycles. The van der Waals surface area contributed by atoms with Gasteiger partial charge in [-0.2, -0.15) is 0 Å². The van der Waals surface area contributed by atoms with Crippen molar-refractivity contribution < 1.29 is 9.21 Å². The molecule has 0 bridgehead atoms. The van der Waals surface area contributed by atoms with E-state index in [1.54, 1.807) is 0 Å². The molecule has 0 saturated heterocycles. The average molecular weight is 322 g/mol. The molecule has 25 heavy (non-hydrogen) atoms. The molecule has 5 rings (SSSR count). The quantitative estimate of drug-likeness (QED) is 0.361. The van der Waals surface area contributed by atoms with Gasteiger partial charge < -0.3 is 4.42 Å². The summed E-state index contributed by atoms with van der Waals surface area (Å²) >= 11 is 0. The first-order valence-electron chi connectivity index (χ1n) is 8.24. The molecule has 0 aliphatic rings. The maximum atomic E-state index is 11.6. The fraction of sp³-hybridized carbons (Fsp3) is 0. The Morgan fingerprint density at radius 3 is 2.32 bits per heavy atom. The summed E-state index contributed by atoms with van der Waals surface area (Å²) < 4.78 is 6.01. The third-order valence-electron chi connectivity index (χ3n) is 4.76. The van der Waals surface area contributed by atoms with Crippen LogP contribution >= 0.6 is 0 Å². The summed E-state index contributed by atoms with van der Waals surface area (Å²) in [6, 6.07) is 26.2. The van der Waals surface area contributed by atoms with Crippen molar-refractivity contribution in [3.05, 3.63) is 84.4 Å². The van der Waals surface area contributed by atoms with Crippen molar-refractivity contribution in [2.24, 2.45) is 0 Å². The summed E-state index contributed by atoms with van der Waals surface area (Å²) in [6.07, 6.45) is 0.921. The van der Waals surface area contributed by atoms with E-state index in [1.807, 2.05) is 48.5 Å². The van der Waals surface area contributed by atoms with Gasteiger partial charge in [-0.25, -0.2) is 0 Å². The van der Waals surface area contributed by atoms with Gasteiger partial charge in [0.1, 0.15) is 11.2 Å². The Kier molecular flexibility index (Phi) is 2.98. The summed E-state index contributed by atoms with van der Waals surface area (Å²) in [5, 5.41) is 4.39. The van der Waals surface area contributed by atoms with Gasteiger partial charge in [0.25, 0.3) is 0 Å². The van der Waals surface area contributed by atoms with Gasteiger partial charge in [0, 0.05) is 21.9 Å². The van der Waals surface area contributed by atoms with Crippen LogP contribution in [0.5, 0.6) is 0 Å². The van der Waals surface area contributed by atoms with Gasteiger partial charge in [0.15, 0.2) is 6.29 Å². The monoisotopic (exact) mass is 322 g/mol. The van der Waals surface area contributed by atoms with Crippen molar-refractivity contribution in [1.29, 1.82) is 0 Å². The Balaban J connectivity index is 1.85. The number of rotatable bonds is 2. The molecule has 2 nitrogen and oxygen atoms in total. The van der Waals surface area contributed by atoms with Crippen molar-refractivity contribution in [3.8, 4) is 11.1 Å². The minimum Gasteiger partial charge on any atom is -0.456 e. The lowest BCUT2D eigenvalue weighted by Gasteiger charge is -2.10. The molecule has 0 unspecified atom stereocenters. The highest BCUT2D eigenvalue weighted by molar-refractivity contribution is 6.09. The van der Waals surface area contributed by atoms with Crippen molar-refractivity contribution in [1.82, 2.24) is 0 Å². The maximum Gasteiger partial charge on any atom is 0.150 e. The second kappa shape index (κ2) is 5.32. The second-order valence-electron chi connectivity index (χ2n) is 6.18. The first-order valence-corrected chi connectivity index (χ1v) is 8.24. The lowest BCUT2D eigenvalue weighted by molar-refractivity contribution is 0.112. The third-order valence-corrected chi connectivity index (χ3v) is 4.76. The molecule has 118 valence electrons. The van der Waals surface area contributed by atoms with E-state index in [4.69, 9.17) is 4.42 Å². The minimum absolute atomic E-state index is 0.689. The van der Waals surface area contributed by atoms with Gasteiger partial charge in [-0.05, 0) is 34.5 Å². The molecule has 5 aromatic rings. The zero-order valence-electron chi connectivity index (χ0n) is 13.4. The van der Waals surface area contributed by atoms with Gasteiger partial charge in [0.05, 0.1) is 0 Å². The van der Waals surface area contributed by atoms with Crippen LogP contribution in [-0.2, 0) is 0 Å². The summed E-state index contributed by atoms with van der Waals surface area (Å²) in [4.78, 5) is 11.6. The zero-order valence-corrected chi connectivity index (χ0v) is 13.4. The topological polar surface area (TPSA) is 30.2 Å². The van der Waals surface area contributed by atoms with Crippen LogP contribution in [0.4, 0.5) is 0 Å². The highest BCUT2D eigenvalue weighted by Gasteiger charge is 2.12. The molecule has 1 aromatic heterocycles. The van der Waals surface area contributed by atoms with Crippen LogP contribution in [0.15, 0.2) is 83.3 Å². The molecule has 1 heterocycles. The third kappa shape index (κ3) is 2.08. The maximum absolute atomic E-state index is 11.6. The van der Waals surface area contributed by atoms with Crippen LogP contribution in [0.3, 0.4) is 0 Å².